The second-order valence-electron chi connectivity index (χ2n) is 6.41. The van der Waals surface area contributed by atoms with Crippen molar-refractivity contribution in [3.63, 3.8) is 0 Å². The Labute approximate surface area is 143 Å². The average Bonchev–Trinajstić information content (AvgIpc) is 2.52. The minimum atomic E-state index is -0.162. The molecule has 0 aliphatic heterocycles. The average molecular weight is 327 g/mol. The molecule has 23 heavy (non-hydrogen) atoms. The Hall–Kier alpha value is -0.830. The quantitative estimate of drug-likeness (QED) is 0.229. The van der Waals surface area contributed by atoms with E-state index < -0.39 is 0 Å². The lowest BCUT2D eigenvalue weighted by Gasteiger charge is -2.16. The molecule has 0 radical (unpaired) electrons. The molecule has 0 saturated carbocycles. The summed E-state index contributed by atoms with van der Waals surface area (Å²) < 4.78 is 5.43. The van der Waals surface area contributed by atoms with Gasteiger partial charge in [-0.15, -0.1) is 0 Å². The van der Waals surface area contributed by atoms with Crippen LogP contribution in [0, 0.1) is 0 Å². The summed E-state index contributed by atoms with van der Waals surface area (Å²) in [6.45, 7) is 4.03. The summed E-state index contributed by atoms with van der Waals surface area (Å²) in [4.78, 5) is 11.2. The first-order valence-corrected chi connectivity index (χ1v) is 9.63. The first-order valence-electron chi connectivity index (χ1n) is 9.63. The number of aliphatic hydroxyl groups is 1. The number of allylic oxidation sites excluding steroid dienone is 2. The van der Waals surface area contributed by atoms with E-state index in [4.69, 9.17) is 9.84 Å². The monoisotopic (exact) mass is 326 g/mol. The number of hydrogen-bond acceptors (Lipinski definition) is 3. The summed E-state index contributed by atoms with van der Waals surface area (Å²) in [6, 6.07) is 0. The Kier molecular flexibility index (Phi) is 16.9. The standard InChI is InChI=1S/C20H38O3/c1-3-4-5-6-7-10-13-16-20(23-19(2)22)17-14-11-8-9-12-15-18-21/h7,10,20-21H,3-6,8-9,11-18H2,1-2H3/b10-7+/t20-/m1/s1. The smallest absolute Gasteiger partial charge is 0.302 e. The summed E-state index contributed by atoms with van der Waals surface area (Å²) >= 11 is 0. The summed E-state index contributed by atoms with van der Waals surface area (Å²) in [5, 5.41) is 8.73. The van der Waals surface area contributed by atoms with E-state index in [1.165, 1.54) is 51.9 Å². The molecule has 0 spiro atoms. The lowest BCUT2D eigenvalue weighted by atomic mass is 10.0. The van der Waals surface area contributed by atoms with E-state index in [2.05, 4.69) is 19.1 Å². The molecule has 0 amide bonds. The van der Waals surface area contributed by atoms with Crippen molar-refractivity contribution in [2.24, 2.45) is 0 Å². The number of carbonyl (C=O) groups excluding carboxylic acids is 1. The van der Waals surface area contributed by atoms with Crippen LogP contribution in [-0.2, 0) is 9.53 Å². The highest BCUT2D eigenvalue weighted by Gasteiger charge is 2.10. The van der Waals surface area contributed by atoms with E-state index >= 15 is 0 Å². The number of rotatable bonds is 16. The number of esters is 1. The fourth-order valence-electron chi connectivity index (χ4n) is 2.72. The maximum Gasteiger partial charge on any atom is 0.302 e. The number of aliphatic hydroxyl groups excluding tert-OH is 1. The molecule has 1 N–H and O–H groups in total. The zero-order valence-electron chi connectivity index (χ0n) is 15.4. The molecule has 1 atom stereocenters. The third kappa shape index (κ3) is 17.4. The first kappa shape index (κ1) is 22.2. The van der Waals surface area contributed by atoms with Gasteiger partial charge in [-0.05, 0) is 44.9 Å². The van der Waals surface area contributed by atoms with E-state index in [1.807, 2.05) is 0 Å². The molecule has 0 rings (SSSR count). The number of unbranched alkanes of at least 4 members (excludes halogenated alkanes) is 8. The molecule has 3 nitrogen and oxygen atoms in total. The van der Waals surface area contributed by atoms with Crippen molar-refractivity contribution < 1.29 is 14.6 Å². The minimum absolute atomic E-state index is 0.0743. The van der Waals surface area contributed by atoms with Gasteiger partial charge >= 0.3 is 5.97 Å². The fraction of sp³-hybridized carbons (Fsp3) is 0.850. The molecule has 3 heteroatoms. The van der Waals surface area contributed by atoms with Crippen molar-refractivity contribution in [1.29, 1.82) is 0 Å². The largest absolute Gasteiger partial charge is 0.463 e. The molecule has 0 fully saturated rings. The van der Waals surface area contributed by atoms with Gasteiger partial charge in [0.25, 0.3) is 0 Å². The predicted molar refractivity (Wildman–Crippen MR) is 97.5 cm³/mol. The van der Waals surface area contributed by atoms with Crippen molar-refractivity contribution >= 4 is 5.97 Å². The van der Waals surface area contributed by atoms with Gasteiger partial charge in [-0.1, -0.05) is 57.6 Å². The van der Waals surface area contributed by atoms with Gasteiger partial charge in [0.15, 0.2) is 0 Å². The normalized spacial score (nSPS) is 12.7. The van der Waals surface area contributed by atoms with Gasteiger partial charge in [0.2, 0.25) is 0 Å². The van der Waals surface area contributed by atoms with E-state index in [9.17, 15) is 4.79 Å². The summed E-state index contributed by atoms with van der Waals surface area (Å²) in [5.41, 5.74) is 0. The molecular formula is C20H38O3. The third-order valence-electron chi connectivity index (χ3n) is 4.06. The Morgan fingerprint density at radius 1 is 0.913 bits per heavy atom. The van der Waals surface area contributed by atoms with Crippen LogP contribution in [0.25, 0.3) is 0 Å². The molecule has 0 aromatic heterocycles. The molecule has 0 aliphatic rings. The van der Waals surface area contributed by atoms with Crippen LogP contribution in [0.2, 0.25) is 0 Å². The van der Waals surface area contributed by atoms with Crippen LogP contribution in [0.3, 0.4) is 0 Å². The van der Waals surface area contributed by atoms with Crippen molar-refractivity contribution in [2.75, 3.05) is 6.61 Å². The van der Waals surface area contributed by atoms with Gasteiger partial charge in [-0.3, -0.25) is 4.79 Å². The lowest BCUT2D eigenvalue weighted by molar-refractivity contribution is -0.146. The van der Waals surface area contributed by atoms with Crippen LogP contribution in [0.5, 0.6) is 0 Å². The van der Waals surface area contributed by atoms with Gasteiger partial charge < -0.3 is 9.84 Å². The van der Waals surface area contributed by atoms with Gasteiger partial charge in [-0.2, -0.15) is 0 Å². The molecule has 0 aromatic carbocycles. The van der Waals surface area contributed by atoms with Crippen LogP contribution < -0.4 is 0 Å². The number of carbonyl (C=O) groups is 1. The van der Waals surface area contributed by atoms with Crippen LogP contribution in [0.4, 0.5) is 0 Å². The number of ether oxygens (including phenoxy) is 1. The molecule has 0 aliphatic carbocycles. The third-order valence-corrected chi connectivity index (χ3v) is 4.06. The summed E-state index contributed by atoms with van der Waals surface area (Å²) in [7, 11) is 0. The Morgan fingerprint density at radius 3 is 2.22 bits per heavy atom. The predicted octanol–water partition coefficient (Wildman–Crippen LogP) is 5.56. The van der Waals surface area contributed by atoms with Crippen LogP contribution in [0.1, 0.15) is 97.3 Å². The van der Waals surface area contributed by atoms with E-state index in [0.29, 0.717) is 6.61 Å². The summed E-state index contributed by atoms with van der Waals surface area (Å²) in [6.07, 6.45) is 19.3. The maximum absolute atomic E-state index is 11.2. The minimum Gasteiger partial charge on any atom is -0.463 e. The van der Waals surface area contributed by atoms with E-state index in [0.717, 1.165) is 38.5 Å². The van der Waals surface area contributed by atoms with E-state index in [1.54, 1.807) is 0 Å². The second-order valence-corrected chi connectivity index (χ2v) is 6.41. The van der Waals surface area contributed by atoms with Crippen LogP contribution in [0.15, 0.2) is 12.2 Å². The molecule has 0 saturated heterocycles. The highest BCUT2D eigenvalue weighted by Crippen LogP contribution is 2.15. The van der Waals surface area contributed by atoms with Crippen LogP contribution >= 0.6 is 0 Å². The zero-order valence-corrected chi connectivity index (χ0v) is 15.4. The van der Waals surface area contributed by atoms with Crippen molar-refractivity contribution in [1.82, 2.24) is 0 Å². The maximum atomic E-state index is 11.2. The lowest BCUT2D eigenvalue weighted by Crippen LogP contribution is -2.16. The van der Waals surface area contributed by atoms with Crippen molar-refractivity contribution in [3.8, 4) is 0 Å². The Balaban J connectivity index is 3.74. The van der Waals surface area contributed by atoms with Crippen molar-refractivity contribution in [3.05, 3.63) is 12.2 Å². The van der Waals surface area contributed by atoms with Gasteiger partial charge in [-0.25, -0.2) is 0 Å². The highest BCUT2D eigenvalue weighted by atomic mass is 16.5. The Morgan fingerprint density at radius 2 is 1.57 bits per heavy atom. The molecule has 0 bridgehead atoms. The topological polar surface area (TPSA) is 46.5 Å². The van der Waals surface area contributed by atoms with Crippen molar-refractivity contribution in [2.45, 2.75) is 103 Å². The molecule has 0 heterocycles. The zero-order chi connectivity index (χ0) is 17.2. The van der Waals surface area contributed by atoms with Gasteiger partial charge in [0.05, 0.1) is 0 Å². The number of hydrogen-bond donors (Lipinski definition) is 1. The molecule has 0 aromatic rings. The SMILES string of the molecule is CCCCC/C=C/CC[C@H](CCCCCCCCO)OC(C)=O. The second kappa shape index (κ2) is 17.5. The summed E-state index contributed by atoms with van der Waals surface area (Å²) in [5.74, 6) is -0.162. The van der Waals surface area contributed by atoms with E-state index in [-0.39, 0.29) is 12.1 Å². The Bertz CT molecular complexity index is 287. The molecule has 0 unspecified atom stereocenters. The highest BCUT2D eigenvalue weighted by molar-refractivity contribution is 5.66. The van der Waals surface area contributed by atoms with Gasteiger partial charge in [0, 0.05) is 13.5 Å². The van der Waals surface area contributed by atoms with Gasteiger partial charge in [0.1, 0.15) is 6.10 Å². The van der Waals surface area contributed by atoms with Crippen LogP contribution in [-0.4, -0.2) is 23.8 Å². The molecular weight excluding hydrogens is 288 g/mol. The molecule has 136 valence electrons. The first-order chi connectivity index (χ1) is 11.2. The fourth-order valence-corrected chi connectivity index (χ4v) is 2.72.